The van der Waals surface area contributed by atoms with Gasteiger partial charge in [0.05, 0.1) is 12.0 Å². The largest absolute Gasteiger partial charge is 0.497 e. The summed E-state index contributed by atoms with van der Waals surface area (Å²) < 4.78 is 70.1. The third-order valence-electron chi connectivity index (χ3n) is 4.73. The van der Waals surface area contributed by atoms with Gasteiger partial charge in [0.1, 0.15) is 12.3 Å². The molecule has 30 heavy (non-hydrogen) atoms. The van der Waals surface area contributed by atoms with E-state index in [2.05, 4.69) is 4.72 Å². The molecule has 1 fully saturated rings. The van der Waals surface area contributed by atoms with E-state index in [0.717, 1.165) is 18.4 Å². The first-order chi connectivity index (χ1) is 14.1. The molecule has 0 saturated heterocycles. The number of sulfonamides is 1. The van der Waals surface area contributed by atoms with Crippen LogP contribution in [0.25, 0.3) is 0 Å². The highest BCUT2D eigenvalue weighted by atomic mass is 32.2. The van der Waals surface area contributed by atoms with Gasteiger partial charge in [-0.3, -0.25) is 4.79 Å². The molecular weight excluding hydrogens is 421 g/mol. The minimum absolute atomic E-state index is 0.0629. The van der Waals surface area contributed by atoms with Crippen LogP contribution in [0.2, 0.25) is 0 Å². The molecule has 0 aliphatic heterocycles. The molecule has 2 aromatic rings. The van der Waals surface area contributed by atoms with Crippen molar-refractivity contribution >= 4 is 15.9 Å². The molecule has 0 spiro atoms. The van der Waals surface area contributed by atoms with Crippen molar-refractivity contribution in [2.45, 2.75) is 30.0 Å². The summed E-state index contributed by atoms with van der Waals surface area (Å²) in [6.07, 6.45) is -2.73. The van der Waals surface area contributed by atoms with Crippen molar-refractivity contribution in [2.24, 2.45) is 5.92 Å². The summed E-state index contributed by atoms with van der Waals surface area (Å²) >= 11 is 0. The molecule has 1 aliphatic carbocycles. The Morgan fingerprint density at radius 3 is 2.20 bits per heavy atom. The van der Waals surface area contributed by atoms with E-state index in [4.69, 9.17) is 4.74 Å². The Morgan fingerprint density at radius 2 is 1.70 bits per heavy atom. The van der Waals surface area contributed by atoms with Crippen molar-refractivity contribution in [3.63, 3.8) is 0 Å². The summed E-state index contributed by atoms with van der Waals surface area (Å²) in [6, 6.07) is 11.5. The van der Waals surface area contributed by atoms with Crippen molar-refractivity contribution in [3.8, 4) is 5.75 Å². The molecule has 0 aromatic heterocycles. The lowest BCUT2D eigenvalue weighted by Gasteiger charge is -2.19. The van der Waals surface area contributed by atoms with Gasteiger partial charge in [0.15, 0.2) is 0 Å². The standard InChI is InChI=1S/C20H21F3N2O4S/c1-29-16-8-4-14(5-9-16)18(13-2-3-13)25-30(27,28)17-10-6-15(7-11-17)19(26)24-12-20(21,22)23/h4-11,13,18,25H,2-3,12H2,1H3,(H,24,26). The Morgan fingerprint density at radius 1 is 1.10 bits per heavy atom. The van der Waals surface area contributed by atoms with Gasteiger partial charge in [0.2, 0.25) is 10.0 Å². The smallest absolute Gasteiger partial charge is 0.405 e. The summed E-state index contributed by atoms with van der Waals surface area (Å²) in [6.45, 7) is -1.46. The van der Waals surface area contributed by atoms with Crippen molar-refractivity contribution < 1.29 is 31.1 Å². The first-order valence-corrected chi connectivity index (χ1v) is 10.7. The molecule has 2 aromatic carbocycles. The number of alkyl halides is 3. The lowest BCUT2D eigenvalue weighted by atomic mass is 10.0. The first kappa shape index (κ1) is 22.1. The average Bonchev–Trinajstić information content (AvgIpc) is 3.55. The lowest BCUT2D eigenvalue weighted by Crippen LogP contribution is -2.33. The number of benzene rings is 2. The quantitative estimate of drug-likeness (QED) is 0.656. The molecular formula is C20H21F3N2O4S. The Labute approximate surface area is 172 Å². The number of ether oxygens (including phenoxy) is 1. The Hall–Kier alpha value is -2.59. The van der Waals surface area contributed by atoms with Crippen LogP contribution < -0.4 is 14.8 Å². The van der Waals surface area contributed by atoms with Crippen LogP contribution >= 0.6 is 0 Å². The monoisotopic (exact) mass is 442 g/mol. The zero-order valence-corrected chi connectivity index (χ0v) is 16.9. The van der Waals surface area contributed by atoms with Gasteiger partial charge in [-0.15, -0.1) is 0 Å². The normalized spacial score (nSPS) is 15.5. The number of methoxy groups -OCH3 is 1. The number of nitrogens with one attached hydrogen (secondary N) is 2. The van der Waals surface area contributed by atoms with Gasteiger partial charge in [-0.25, -0.2) is 13.1 Å². The topological polar surface area (TPSA) is 84.5 Å². The van der Waals surface area contributed by atoms with Gasteiger partial charge in [-0.1, -0.05) is 12.1 Å². The van der Waals surface area contributed by atoms with E-state index < -0.39 is 34.7 Å². The van der Waals surface area contributed by atoms with Crippen LogP contribution in [-0.4, -0.2) is 34.2 Å². The van der Waals surface area contributed by atoms with Gasteiger partial charge in [-0.2, -0.15) is 13.2 Å². The van der Waals surface area contributed by atoms with E-state index in [1.807, 2.05) is 0 Å². The van der Waals surface area contributed by atoms with Crippen LogP contribution in [0.15, 0.2) is 53.4 Å². The minimum atomic E-state index is -4.53. The van der Waals surface area contributed by atoms with Crippen molar-refractivity contribution in [1.82, 2.24) is 10.0 Å². The molecule has 3 rings (SSSR count). The van der Waals surface area contributed by atoms with E-state index in [0.29, 0.717) is 5.75 Å². The Bertz CT molecular complexity index is 986. The molecule has 0 heterocycles. The Balaban J connectivity index is 1.73. The maximum atomic E-state index is 12.8. The molecule has 2 N–H and O–H groups in total. The number of hydrogen-bond donors (Lipinski definition) is 2. The second-order valence-corrected chi connectivity index (χ2v) is 8.75. The number of rotatable bonds is 8. The highest BCUT2D eigenvalue weighted by Gasteiger charge is 2.35. The zero-order valence-electron chi connectivity index (χ0n) is 16.1. The predicted molar refractivity (Wildman–Crippen MR) is 104 cm³/mol. The number of amides is 1. The van der Waals surface area contributed by atoms with Crippen molar-refractivity contribution in [2.75, 3.05) is 13.7 Å². The molecule has 162 valence electrons. The lowest BCUT2D eigenvalue weighted by molar-refractivity contribution is -0.123. The second-order valence-electron chi connectivity index (χ2n) is 7.03. The molecule has 1 unspecified atom stereocenters. The number of hydrogen-bond acceptors (Lipinski definition) is 4. The summed E-state index contributed by atoms with van der Waals surface area (Å²) in [5.41, 5.74) is 0.747. The zero-order chi connectivity index (χ0) is 21.9. The predicted octanol–water partition coefficient (Wildman–Crippen LogP) is 3.42. The van der Waals surface area contributed by atoms with Crippen LogP contribution in [-0.2, 0) is 10.0 Å². The summed E-state index contributed by atoms with van der Waals surface area (Å²) in [4.78, 5) is 11.7. The number of halogens is 3. The molecule has 1 saturated carbocycles. The van der Waals surface area contributed by atoms with Gasteiger partial charge in [0, 0.05) is 11.6 Å². The molecule has 0 bridgehead atoms. The molecule has 0 radical (unpaired) electrons. The average molecular weight is 442 g/mol. The first-order valence-electron chi connectivity index (χ1n) is 9.20. The number of carbonyl (C=O) groups is 1. The third kappa shape index (κ3) is 5.73. The fraction of sp³-hybridized carbons (Fsp3) is 0.350. The maximum absolute atomic E-state index is 12.8. The van der Waals surface area contributed by atoms with Gasteiger partial charge >= 0.3 is 6.18 Å². The third-order valence-corrected chi connectivity index (χ3v) is 6.18. The highest BCUT2D eigenvalue weighted by Crippen LogP contribution is 2.42. The van der Waals surface area contributed by atoms with Crippen molar-refractivity contribution in [3.05, 3.63) is 59.7 Å². The van der Waals surface area contributed by atoms with E-state index >= 15 is 0 Å². The molecule has 1 atom stereocenters. The molecule has 6 nitrogen and oxygen atoms in total. The number of carbonyl (C=O) groups excluding carboxylic acids is 1. The van der Waals surface area contributed by atoms with Crippen LogP contribution in [0, 0.1) is 5.92 Å². The molecule has 10 heteroatoms. The summed E-state index contributed by atoms with van der Waals surface area (Å²) in [5, 5.41) is 1.74. The van der Waals surface area contributed by atoms with E-state index in [1.165, 1.54) is 24.3 Å². The second kappa shape index (κ2) is 8.65. The van der Waals surface area contributed by atoms with Crippen LogP contribution in [0.3, 0.4) is 0 Å². The van der Waals surface area contributed by atoms with Crippen molar-refractivity contribution in [1.29, 1.82) is 0 Å². The fourth-order valence-corrected chi connectivity index (χ4v) is 4.27. The van der Waals surface area contributed by atoms with E-state index in [-0.39, 0.29) is 16.4 Å². The van der Waals surface area contributed by atoms with Crippen LogP contribution in [0.1, 0.15) is 34.8 Å². The fourth-order valence-electron chi connectivity index (χ4n) is 2.98. The van der Waals surface area contributed by atoms with E-state index in [9.17, 15) is 26.4 Å². The molecule has 1 amide bonds. The van der Waals surface area contributed by atoms with Gasteiger partial charge < -0.3 is 10.1 Å². The van der Waals surface area contributed by atoms with Gasteiger partial charge in [0.25, 0.3) is 5.91 Å². The van der Waals surface area contributed by atoms with Crippen LogP contribution in [0.5, 0.6) is 5.75 Å². The SMILES string of the molecule is COc1ccc(C(NS(=O)(=O)c2ccc(C(=O)NCC(F)(F)F)cc2)C2CC2)cc1. The summed E-state index contributed by atoms with van der Waals surface area (Å²) in [7, 11) is -2.35. The molecule has 1 aliphatic rings. The van der Waals surface area contributed by atoms with Crippen LogP contribution in [0.4, 0.5) is 13.2 Å². The summed E-state index contributed by atoms with van der Waals surface area (Å²) in [5.74, 6) is -0.0885. The van der Waals surface area contributed by atoms with Gasteiger partial charge in [-0.05, 0) is 60.7 Å². The van der Waals surface area contributed by atoms with E-state index in [1.54, 1.807) is 36.7 Å². The highest BCUT2D eigenvalue weighted by molar-refractivity contribution is 7.89. The minimum Gasteiger partial charge on any atom is -0.497 e. The maximum Gasteiger partial charge on any atom is 0.405 e. The Kier molecular flexibility index (Phi) is 6.37.